The quantitative estimate of drug-likeness (QED) is 0.631. The number of anilines is 1. The van der Waals surface area contributed by atoms with Crippen molar-refractivity contribution in [1.29, 1.82) is 0 Å². The number of ether oxygens (including phenoxy) is 1. The van der Waals surface area contributed by atoms with Crippen LogP contribution >= 0.6 is 11.8 Å². The van der Waals surface area contributed by atoms with Crippen molar-refractivity contribution in [3.8, 4) is 0 Å². The van der Waals surface area contributed by atoms with Crippen LogP contribution in [0.1, 0.15) is 18.9 Å². The second kappa shape index (κ2) is 8.23. The van der Waals surface area contributed by atoms with E-state index >= 15 is 0 Å². The first kappa shape index (κ1) is 17.6. The highest BCUT2D eigenvalue weighted by Gasteiger charge is 2.40. The summed E-state index contributed by atoms with van der Waals surface area (Å²) in [5.74, 6) is 2.85. The molecular formula is C18H28N4OS. The van der Waals surface area contributed by atoms with E-state index in [1.807, 2.05) is 17.8 Å². The molecule has 1 atom stereocenters. The molecule has 2 aliphatic heterocycles. The summed E-state index contributed by atoms with van der Waals surface area (Å²) in [5, 5.41) is 3.24. The molecule has 6 heteroatoms. The van der Waals surface area contributed by atoms with Crippen molar-refractivity contribution in [2.75, 3.05) is 49.7 Å². The Kier molecular flexibility index (Phi) is 6.03. The van der Waals surface area contributed by atoms with E-state index < -0.39 is 0 Å². The van der Waals surface area contributed by atoms with E-state index in [0.717, 1.165) is 50.7 Å². The molecule has 5 nitrogen and oxygen atoms in total. The van der Waals surface area contributed by atoms with Crippen molar-refractivity contribution in [3.05, 3.63) is 29.8 Å². The summed E-state index contributed by atoms with van der Waals surface area (Å²) in [6.07, 6.45) is 2.20. The summed E-state index contributed by atoms with van der Waals surface area (Å²) >= 11 is 2.02. The molecule has 2 heterocycles. The molecular weight excluding hydrogens is 320 g/mol. The number of rotatable bonds is 5. The normalized spacial score (nSPS) is 25.8. The number of nitrogens with zero attached hydrogens (tertiary/aromatic N) is 2. The minimum Gasteiger partial charge on any atom is -0.379 e. The Morgan fingerprint density at radius 3 is 2.96 bits per heavy atom. The van der Waals surface area contributed by atoms with Crippen LogP contribution in [0, 0.1) is 0 Å². The lowest BCUT2D eigenvalue weighted by molar-refractivity contribution is -0.0104. The first-order chi connectivity index (χ1) is 11.7. The molecule has 3 N–H and O–H groups in total. The maximum absolute atomic E-state index is 6.15. The Hall–Kier alpha value is -1.24. The molecule has 1 aromatic rings. The summed E-state index contributed by atoms with van der Waals surface area (Å²) < 4.78 is 5.51. The van der Waals surface area contributed by atoms with Gasteiger partial charge in [0.2, 0.25) is 0 Å². The largest absolute Gasteiger partial charge is 0.379 e. The molecule has 0 aromatic heterocycles. The predicted octanol–water partition coefficient (Wildman–Crippen LogP) is 2.18. The second-order valence-electron chi connectivity index (χ2n) is 6.51. The van der Waals surface area contributed by atoms with Crippen molar-refractivity contribution in [2.24, 2.45) is 10.7 Å². The molecule has 0 bridgehead atoms. The van der Waals surface area contributed by atoms with Gasteiger partial charge in [-0.2, -0.15) is 11.8 Å². The lowest BCUT2D eigenvalue weighted by Crippen LogP contribution is -2.56. The van der Waals surface area contributed by atoms with E-state index in [1.165, 1.54) is 17.7 Å². The average Bonchev–Trinajstić information content (AvgIpc) is 3.11. The van der Waals surface area contributed by atoms with Gasteiger partial charge in [-0.25, -0.2) is 0 Å². The first-order valence-corrected chi connectivity index (χ1v) is 9.94. The molecule has 1 unspecified atom stereocenters. The molecule has 0 saturated carbocycles. The van der Waals surface area contributed by atoms with Gasteiger partial charge in [-0.3, -0.25) is 9.89 Å². The first-order valence-electron chi connectivity index (χ1n) is 8.78. The van der Waals surface area contributed by atoms with E-state index in [9.17, 15) is 0 Å². The van der Waals surface area contributed by atoms with Crippen LogP contribution in [-0.4, -0.2) is 60.8 Å². The van der Waals surface area contributed by atoms with Crippen LogP contribution in [0.2, 0.25) is 0 Å². The third-order valence-electron chi connectivity index (χ3n) is 4.92. The monoisotopic (exact) mass is 348 g/mol. The van der Waals surface area contributed by atoms with Crippen LogP contribution in [-0.2, 0) is 11.2 Å². The molecule has 24 heavy (non-hydrogen) atoms. The van der Waals surface area contributed by atoms with Crippen LogP contribution in [0.5, 0.6) is 0 Å². The van der Waals surface area contributed by atoms with Crippen molar-refractivity contribution in [2.45, 2.75) is 25.3 Å². The van der Waals surface area contributed by atoms with E-state index in [-0.39, 0.29) is 5.54 Å². The van der Waals surface area contributed by atoms with Crippen molar-refractivity contribution < 1.29 is 4.74 Å². The summed E-state index contributed by atoms with van der Waals surface area (Å²) in [6, 6.07) is 8.34. The SMILES string of the molecule is CCc1cccc(NC(N)=NCC2(N3CCOCC3)CCSC2)c1. The second-order valence-corrected chi connectivity index (χ2v) is 7.61. The Morgan fingerprint density at radius 2 is 2.25 bits per heavy atom. The Labute approximate surface area is 149 Å². The van der Waals surface area contributed by atoms with E-state index in [2.05, 4.69) is 35.3 Å². The fraction of sp³-hybridized carbons (Fsp3) is 0.611. The molecule has 0 radical (unpaired) electrons. The molecule has 0 aliphatic carbocycles. The molecule has 2 fully saturated rings. The molecule has 2 aliphatic rings. The summed E-state index contributed by atoms with van der Waals surface area (Å²) in [7, 11) is 0. The topological polar surface area (TPSA) is 62.9 Å². The van der Waals surface area contributed by atoms with Crippen LogP contribution in [0.15, 0.2) is 29.3 Å². The molecule has 3 rings (SSSR count). The smallest absolute Gasteiger partial charge is 0.193 e. The lowest BCUT2D eigenvalue weighted by Gasteiger charge is -2.42. The zero-order chi connectivity index (χ0) is 16.8. The average molecular weight is 349 g/mol. The standard InChI is InChI=1S/C18H28N4OS/c1-2-15-4-3-5-16(12-15)21-17(19)20-13-18(6-11-24-14-18)22-7-9-23-10-8-22/h3-5,12H,2,6-11,13-14H2,1H3,(H3,19,20,21). The molecule has 132 valence electrons. The number of hydrogen-bond donors (Lipinski definition) is 2. The fourth-order valence-corrected chi connectivity index (χ4v) is 4.86. The number of nitrogens with one attached hydrogen (secondary N) is 1. The van der Waals surface area contributed by atoms with Crippen LogP contribution < -0.4 is 11.1 Å². The number of benzene rings is 1. The predicted molar refractivity (Wildman–Crippen MR) is 103 cm³/mol. The maximum Gasteiger partial charge on any atom is 0.193 e. The van der Waals surface area contributed by atoms with Gasteiger partial charge in [0.05, 0.1) is 25.3 Å². The highest BCUT2D eigenvalue weighted by Crippen LogP contribution is 2.34. The molecule has 2 saturated heterocycles. The number of aliphatic imine (C=N–C) groups is 1. The van der Waals surface area contributed by atoms with Gasteiger partial charge < -0.3 is 15.8 Å². The van der Waals surface area contributed by atoms with E-state index in [1.54, 1.807) is 0 Å². The number of aryl methyl sites for hydroxylation is 1. The van der Waals surface area contributed by atoms with Gasteiger partial charge in [-0.15, -0.1) is 0 Å². The third kappa shape index (κ3) is 4.23. The minimum absolute atomic E-state index is 0.145. The van der Waals surface area contributed by atoms with Crippen LogP contribution in [0.4, 0.5) is 5.69 Å². The van der Waals surface area contributed by atoms with Gasteiger partial charge in [-0.1, -0.05) is 19.1 Å². The number of thioether (sulfide) groups is 1. The Balaban J connectivity index is 1.65. The van der Waals surface area contributed by atoms with Crippen LogP contribution in [0.25, 0.3) is 0 Å². The molecule has 0 spiro atoms. The lowest BCUT2D eigenvalue weighted by atomic mass is 9.96. The number of guanidine groups is 1. The third-order valence-corrected chi connectivity index (χ3v) is 6.15. The van der Waals surface area contributed by atoms with Gasteiger partial charge in [0.15, 0.2) is 5.96 Å². The number of morpholine rings is 1. The van der Waals surface area contributed by atoms with Crippen molar-refractivity contribution >= 4 is 23.4 Å². The Bertz CT molecular complexity index is 566. The minimum atomic E-state index is 0.145. The fourth-order valence-electron chi connectivity index (χ4n) is 3.40. The summed E-state index contributed by atoms with van der Waals surface area (Å²) in [5.41, 5.74) is 8.60. The molecule has 0 amide bonds. The zero-order valence-electron chi connectivity index (χ0n) is 14.5. The van der Waals surface area contributed by atoms with Crippen molar-refractivity contribution in [3.63, 3.8) is 0 Å². The van der Waals surface area contributed by atoms with E-state index in [0.29, 0.717) is 5.96 Å². The highest BCUT2D eigenvalue weighted by atomic mass is 32.2. The van der Waals surface area contributed by atoms with E-state index in [4.69, 9.17) is 15.5 Å². The number of nitrogens with two attached hydrogens (primary N) is 1. The number of hydrogen-bond acceptors (Lipinski definition) is 4. The Morgan fingerprint density at radius 1 is 1.42 bits per heavy atom. The van der Waals surface area contributed by atoms with Gasteiger partial charge in [0.1, 0.15) is 0 Å². The zero-order valence-corrected chi connectivity index (χ0v) is 15.3. The highest BCUT2D eigenvalue weighted by molar-refractivity contribution is 7.99. The van der Waals surface area contributed by atoms with Crippen molar-refractivity contribution in [1.82, 2.24) is 4.90 Å². The van der Waals surface area contributed by atoms with Crippen LogP contribution in [0.3, 0.4) is 0 Å². The van der Waals surface area contributed by atoms with Gasteiger partial charge >= 0.3 is 0 Å². The van der Waals surface area contributed by atoms with Gasteiger partial charge in [0.25, 0.3) is 0 Å². The summed E-state index contributed by atoms with van der Waals surface area (Å²) in [6.45, 7) is 6.57. The van der Waals surface area contributed by atoms with Gasteiger partial charge in [0, 0.05) is 24.5 Å². The van der Waals surface area contributed by atoms with Gasteiger partial charge in [-0.05, 0) is 36.3 Å². The maximum atomic E-state index is 6.15. The summed E-state index contributed by atoms with van der Waals surface area (Å²) in [4.78, 5) is 7.25. The molecule has 1 aromatic carbocycles.